The Morgan fingerprint density at radius 2 is 2.10 bits per heavy atom. The molecule has 0 fully saturated rings. The third-order valence-corrected chi connectivity index (χ3v) is 5.45. The Kier molecular flexibility index (Phi) is 5.73. The second-order valence-electron chi connectivity index (χ2n) is 5.95. The zero-order valence-electron chi connectivity index (χ0n) is 15.4. The topological polar surface area (TPSA) is 67.9 Å². The fraction of sp³-hybridized carbons (Fsp3) is 0.0952. The lowest BCUT2D eigenvalue weighted by atomic mass is 10.2. The lowest BCUT2D eigenvalue weighted by Crippen LogP contribution is -2.25. The molecule has 29 heavy (non-hydrogen) atoms. The van der Waals surface area contributed by atoms with Gasteiger partial charge in [-0.15, -0.1) is 0 Å². The molecule has 0 atom stereocenters. The second kappa shape index (κ2) is 8.59. The van der Waals surface area contributed by atoms with Gasteiger partial charge in [-0.2, -0.15) is 10.1 Å². The van der Waals surface area contributed by atoms with E-state index in [0.29, 0.717) is 11.7 Å². The number of carbonyl (C=O) groups is 1. The minimum absolute atomic E-state index is 0.189. The molecule has 4 rings (SSSR count). The van der Waals surface area contributed by atoms with Gasteiger partial charge in [0.05, 0.1) is 29.3 Å². The number of aromatic nitrogens is 1. The van der Waals surface area contributed by atoms with Crippen molar-refractivity contribution in [1.29, 1.82) is 0 Å². The molecule has 0 saturated heterocycles. The molecule has 2 aromatic carbocycles. The average Bonchev–Trinajstić information content (AvgIpc) is 3.39. The Morgan fingerprint density at radius 3 is 2.83 bits per heavy atom. The van der Waals surface area contributed by atoms with Crippen molar-refractivity contribution in [3.05, 3.63) is 76.7 Å². The van der Waals surface area contributed by atoms with Crippen molar-refractivity contribution in [2.24, 2.45) is 5.10 Å². The monoisotopic (exact) mass is 469 g/mol. The van der Waals surface area contributed by atoms with Gasteiger partial charge in [-0.25, -0.2) is 4.98 Å². The highest BCUT2D eigenvalue weighted by Crippen LogP contribution is 2.32. The highest BCUT2D eigenvalue weighted by molar-refractivity contribution is 9.10. The molecule has 0 bridgehead atoms. The normalized spacial score (nSPS) is 11.2. The number of benzene rings is 2. The van der Waals surface area contributed by atoms with Crippen molar-refractivity contribution >= 4 is 54.7 Å². The summed E-state index contributed by atoms with van der Waals surface area (Å²) in [6.07, 6.45) is 3.07. The molecule has 8 heteroatoms. The maximum Gasteiger partial charge on any atom is 0.316 e. The molecule has 2 heterocycles. The van der Waals surface area contributed by atoms with Gasteiger partial charge in [0.15, 0.2) is 5.76 Å². The first-order valence-corrected chi connectivity index (χ1v) is 10.5. The molecule has 0 aliphatic carbocycles. The number of hydrogen-bond acceptors (Lipinski definition) is 6. The number of amides is 1. The third-order valence-electron chi connectivity index (χ3n) is 3.96. The average molecular weight is 470 g/mol. The van der Waals surface area contributed by atoms with Crippen LogP contribution in [0, 0.1) is 0 Å². The van der Waals surface area contributed by atoms with E-state index in [1.807, 2.05) is 49.4 Å². The Hall–Kier alpha value is -2.97. The number of fused-ring (bicyclic) bond motifs is 1. The van der Waals surface area contributed by atoms with Crippen LogP contribution < -0.4 is 9.75 Å². The van der Waals surface area contributed by atoms with Gasteiger partial charge in [0, 0.05) is 4.47 Å². The van der Waals surface area contributed by atoms with E-state index in [1.54, 1.807) is 18.3 Å². The number of ether oxygens (including phenoxy) is 1. The maximum absolute atomic E-state index is 13.0. The largest absolute Gasteiger partial charge is 0.494 e. The summed E-state index contributed by atoms with van der Waals surface area (Å²) in [5.41, 5.74) is 1.62. The van der Waals surface area contributed by atoms with Crippen LogP contribution in [-0.2, 0) is 0 Å². The van der Waals surface area contributed by atoms with E-state index >= 15 is 0 Å². The molecular weight excluding hydrogens is 454 g/mol. The number of hydrazone groups is 1. The lowest BCUT2D eigenvalue weighted by molar-refractivity contribution is 0.0961. The van der Waals surface area contributed by atoms with Crippen molar-refractivity contribution in [2.75, 3.05) is 11.6 Å². The number of halogens is 1. The zero-order valence-corrected chi connectivity index (χ0v) is 17.8. The van der Waals surface area contributed by atoms with Crippen LogP contribution in [0.2, 0.25) is 0 Å². The molecule has 6 nitrogen and oxygen atoms in total. The first kappa shape index (κ1) is 19.4. The van der Waals surface area contributed by atoms with Gasteiger partial charge in [-0.3, -0.25) is 4.79 Å². The minimum Gasteiger partial charge on any atom is -0.494 e. The van der Waals surface area contributed by atoms with E-state index in [4.69, 9.17) is 9.15 Å². The van der Waals surface area contributed by atoms with E-state index in [2.05, 4.69) is 26.0 Å². The van der Waals surface area contributed by atoms with Gasteiger partial charge < -0.3 is 9.15 Å². The molecule has 4 aromatic rings. The molecule has 0 radical (unpaired) electrons. The number of nitrogens with zero attached hydrogens (tertiary/aromatic N) is 3. The molecule has 0 N–H and O–H groups in total. The van der Waals surface area contributed by atoms with Crippen LogP contribution in [-0.4, -0.2) is 23.7 Å². The van der Waals surface area contributed by atoms with E-state index in [9.17, 15) is 4.79 Å². The van der Waals surface area contributed by atoms with Crippen LogP contribution in [0.25, 0.3) is 10.2 Å². The van der Waals surface area contributed by atoms with Crippen molar-refractivity contribution in [3.8, 4) is 5.75 Å². The van der Waals surface area contributed by atoms with Crippen LogP contribution in [0.3, 0.4) is 0 Å². The summed E-state index contributed by atoms with van der Waals surface area (Å²) in [6.45, 7) is 2.54. The van der Waals surface area contributed by atoms with Gasteiger partial charge in [0.25, 0.3) is 0 Å². The Balaban J connectivity index is 1.68. The Labute approximate surface area is 179 Å². The van der Waals surface area contributed by atoms with Crippen molar-refractivity contribution in [1.82, 2.24) is 4.98 Å². The van der Waals surface area contributed by atoms with Gasteiger partial charge >= 0.3 is 5.91 Å². The predicted octanol–water partition coefficient (Wildman–Crippen LogP) is 5.73. The fourth-order valence-corrected chi connectivity index (χ4v) is 4.09. The standard InChI is InChI=1S/C21H16BrN3O3S/c1-2-27-16-8-5-14(6-9-16)13-23-25(20(26)18-4-3-11-28-18)21-24-17-10-7-15(22)12-19(17)29-21/h3-13H,2H2,1H3/b23-13+. The van der Waals surface area contributed by atoms with Crippen LogP contribution in [0.1, 0.15) is 23.0 Å². The van der Waals surface area contributed by atoms with Crippen LogP contribution in [0.15, 0.2) is 74.9 Å². The zero-order chi connectivity index (χ0) is 20.2. The number of hydrogen-bond donors (Lipinski definition) is 0. The number of anilines is 1. The van der Waals surface area contributed by atoms with E-state index < -0.39 is 5.91 Å². The Morgan fingerprint density at radius 1 is 1.28 bits per heavy atom. The highest BCUT2D eigenvalue weighted by atomic mass is 79.9. The third kappa shape index (κ3) is 4.38. The summed E-state index contributed by atoms with van der Waals surface area (Å²) in [5, 5.41) is 6.13. The highest BCUT2D eigenvalue weighted by Gasteiger charge is 2.23. The molecule has 146 valence electrons. The summed E-state index contributed by atoms with van der Waals surface area (Å²) < 4.78 is 12.6. The lowest BCUT2D eigenvalue weighted by Gasteiger charge is -2.12. The number of rotatable bonds is 6. The first-order chi connectivity index (χ1) is 14.1. The van der Waals surface area contributed by atoms with Crippen LogP contribution in [0.5, 0.6) is 5.75 Å². The smallest absolute Gasteiger partial charge is 0.316 e. The van der Waals surface area contributed by atoms with E-state index in [-0.39, 0.29) is 5.76 Å². The molecule has 0 aliphatic rings. The van der Waals surface area contributed by atoms with Crippen LogP contribution in [0.4, 0.5) is 5.13 Å². The SMILES string of the molecule is CCOc1ccc(/C=N/N(C(=O)c2ccco2)c2nc3ccc(Br)cc3s2)cc1. The maximum atomic E-state index is 13.0. The summed E-state index contributed by atoms with van der Waals surface area (Å²) in [4.78, 5) is 17.5. The summed E-state index contributed by atoms with van der Waals surface area (Å²) in [5.74, 6) is 0.578. The quantitative estimate of drug-likeness (QED) is 0.267. The number of carbonyl (C=O) groups excluding carboxylic acids is 1. The van der Waals surface area contributed by atoms with Crippen molar-refractivity contribution < 1.29 is 13.9 Å². The summed E-state index contributed by atoms with van der Waals surface area (Å²) >= 11 is 4.84. The molecular formula is C21H16BrN3O3S. The number of thiazole rings is 1. The van der Waals surface area contributed by atoms with Gasteiger partial charge in [-0.1, -0.05) is 27.3 Å². The molecule has 0 unspecified atom stereocenters. The predicted molar refractivity (Wildman–Crippen MR) is 118 cm³/mol. The second-order valence-corrected chi connectivity index (χ2v) is 7.87. The summed E-state index contributed by atoms with van der Waals surface area (Å²) in [6, 6.07) is 16.5. The molecule has 2 aromatic heterocycles. The van der Waals surface area contributed by atoms with Gasteiger partial charge in [0.2, 0.25) is 5.13 Å². The van der Waals surface area contributed by atoms with Gasteiger partial charge in [-0.05, 0) is 67.1 Å². The minimum atomic E-state index is -0.393. The molecule has 1 amide bonds. The first-order valence-electron chi connectivity index (χ1n) is 8.85. The van der Waals surface area contributed by atoms with E-state index in [1.165, 1.54) is 22.6 Å². The number of furan rings is 1. The van der Waals surface area contributed by atoms with Crippen molar-refractivity contribution in [3.63, 3.8) is 0 Å². The van der Waals surface area contributed by atoms with Crippen molar-refractivity contribution in [2.45, 2.75) is 6.92 Å². The van der Waals surface area contributed by atoms with Crippen LogP contribution >= 0.6 is 27.3 Å². The fourth-order valence-electron chi connectivity index (χ4n) is 2.61. The van der Waals surface area contributed by atoms with Gasteiger partial charge in [0.1, 0.15) is 5.75 Å². The van der Waals surface area contributed by atoms with E-state index in [0.717, 1.165) is 26.0 Å². The molecule has 0 saturated carbocycles. The molecule has 0 aliphatic heterocycles. The Bertz CT molecular complexity index is 1150. The molecule has 0 spiro atoms. The summed E-state index contributed by atoms with van der Waals surface area (Å²) in [7, 11) is 0.